The molecule has 0 saturated carbocycles. The Morgan fingerprint density at radius 1 is 1.53 bits per heavy atom. The average Bonchev–Trinajstić information content (AvgIpc) is 2.74. The van der Waals surface area contributed by atoms with Crippen LogP contribution in [-0.2, 0) is 6.54 Å². The van der Waals surface area contributed by atoms with E-state index in [1.165, 1.54) is 19.4 Å². The van der Waals surface area contributed by atoms with Crippen molar-refractivity contribution in [1.29, 1.82) is 0 Å². The van der Waals surface area contributed by atoms with Gasteiger partial charge in [-0.25, -0.2) is 4.79 Å². The minimum absolute atomic E-state index is 0. The molecule has 0 radical (unpaired) electrons. The summed E-state index contributed by atoms with van der Waals surface area (Å²) >= 11 is 0. The highest BCUT2D eigenvalue weighted by atomic mass is 35.5. The molecule has 2 aromatic rings. The largest absolute Gasteiger partial charge is 0.496 e. The number of carbonyl (C=O) groups is 1. The van der Waals surface area contributed by atoms with Crippen LogP contribution in [0.3, 0.4) is 0 Å². The van der Waals surface area contributed by atoms with Crippen molar-refractivity contribution in [2.45, 2.75) is 6.54 Å². The summed E-state index contributed by atoms with van der Waals surface area (Å²) in [4.78, 5) is 10.9. The summed E-state index contributed by atoms with van der Waals surface area (Å²) in [5, 5.41) is 13.0. The van der Waals surface area contributed by atoms with Crippen molar-refractivity contribution in [3.05, 3.63) is 41.7 Å². The summed E-state index contributed by atoms with van der Waals surface area (Å²) in [5.74, 6) is -0.354. The molecule has 102 valence electrons. The quantitative estimate of drug-likeness (QED) is 0.890. The van der Waals surface area contributed by atoms with Crippen molar-refractivity contribution in [3.8, 4) is 5.75 Å². The van der Waals surface area contributed by atoms with E-state index in [-0.39, 0.29) is 18.0 Å². The fraction of sp³-hybridized carbons (Fsp3) is 0.167. The van der Waals surface area contributed by atoms with Gasteiger partial charge in [-0.15, -0.1) is 12.4 Å². The van der Waals surface area contributed by atoms with Crippen LogP contribution in [0.5, 0.6) is 5.75 Å². The Morgan fingerprint density at radius 2 is 2.26 bits per heavy atom. The number of hydrogen-bond acceptors (Lipinski definition) is 4. The lowest BCUT2D eigenvalue weighted by Crippen LogP contribution is -2.05. The zero-order valence-corrected chi connectivity index (χ0v) is 11.1. The third-order valence-corrected chi connectivity index (χ3v) is 2.51. The zero-order valence-electron chi connectivity index (χ0n) is 10.2. The molecule has 0 fully saturated rings. The zero-order chi connectivity index (χ0) is 13.1. The molecule has 19 heavy (non-hydrogen) atoms. The fourth-order valence-corrected chi connectivity index (χ4v) is 1.68. The van der Waals surface area contributed by atoms with Crippen molar-refractivity contribution >= 4 is 24.1 Å². The Hall–Kier alpha value is -2.21. The van der Waals surface area contributed by atoms with Crippen LogP contribution in [0.2, 0.25) is 0 Å². The smallest absolute Gasteiger partial charge is 0.335 e. The van der Waals surface area contributed by atoms with Crippen LogP contribution in [0.1, 0.15) is 15.9 Å². The Bertz CT molecular complexity index is 583. The molecule has 0 bridgehead atoms. The molecule has 0 atom stereocenters. The standard InChI is InChI=1S/C12H13N3O3.ClH/c1-18-11-3-2-8(12(16)17)4-9(11)6-15-7-10(13)5-14-15;/h2-5,7H,6,13H2,1H3,(H,16,17);1H. The molecule has 0 spiro atoms. The van der Waals surface area contributed by atoms with Gasteiger partial charge in [-0.1, -0.05) is 0 Å². The summed E-state index contributed by atoms with van der Waals surface area (Å²) < 4.78 is 6.82. The van der Waals surface area contributed by atoms with E-state index in [4.69, 9.17) is 15.6 Å². The van der Waals surface area contributed by atoms with Crippen LogP contribution >= 0.6 is 12.4 Å². The lowest BCUT2D eigenvalue weighted by molar-refractivity contribution is 0.0696. The van der Waals surface area contributed by atoms with E-state index in [0.29, 0.717) is 18.0 Å². The molecule has 0 aliphatic carbocycles. The maximum atomic E-state index is 10.9. The molecule has 0 saturated heterocycles. The van der Waals surface area contributed by atoms with Crippen molar-refractivity contribution in [2.24, 2.45) is 0 Å². The summed E-state index contributed by atoms with van der Waals surface area (Å²) in [6, 6.07) is 4.70. The number of benzene rings is 1. The first-order valence-corrected chi connectivity index (χ1v) is 5.28. The summed E-state index contributed by atoms with van der Waals surface area (Å²) in [5.41, 5.74) is 7.08. The molecule has 0 unspecified atom stereocenters. The van der Waals surface area contributed by atoms with Gasteiger partial charge < -0.3 is 15.6 Å². The van der Waals surface area contributed by atoms with Crippen molar-refractivity contribution in [3.63, 3.8) is 0 Å². The number of aromatic carboxylic acids is 1. The van der Waals surface area contributed by atoms with Crippen LogP contribution in [0.15, 0.2) is 30.6 Å². The molecule has 0 amide bonds. The second-order valence-corrected chi connectivity index (χ2v) is 3.80. The van der Waals surface area contributed by atoms with Gasteiger partial charge in [0.25, 0.3) is 0 Å². The van der Waals surface area contributed by atoms with E-state index in [1.807, 2.05) is 0 Å². The van der Waals surface area contributed by atoms with E-state index in [0.717, 1.165) is 5.56 Å². The average molecular weight is 284 g/mol. The molecule has 3 N–H and O–H groups in total. The number of carboxylic acids is 1. The number of ether oxygens (including phenoxy) is 1. The molecule has 6 nitrogen and oxygen atoms in total. The number of rotatable bonds is 4. The van der Waals surface area contributed by atoms with Gasteiger partial charge in [0.15, 0.2) is 0 Å². The summed E-state index contributed by atoms with van der Waals surface area (Å²) in [6.07, 6.45) is 3.21. The lowest BCUT2D eigenvalue weighted by Gasteiger charge is -2.09. The topological polar surface area (TPSA) is 90.4 Å². The van der Waals surface area contributed by atoms with Gasteiger partial charge in [-0.05, 0) is 18.2 Å². The number of halogens is 1. The van der Waals surface area contributed by atoms with Crippen molar-refractivity contribution in [1.82, 2.24) is 9.78 Å². The number of anilines is 1. The number of carboxylic acid groups (broad SMARTS) is 1. The highest BCUT2D eigenvalue weighted by Gasteiger charge is 2.09. The fourth-order valence-electron chi connectivity index (χ4n) is 1.68. The molecular formula is C12H14ClN3O3. The second kappa shape index (κ2) is 6.10. The molecule has 7 heteroatoms. The van der Waals surface area contributed by atoms with E-state index in [2.05, 4.69) is 5.10 Å². The third-order valence-electron chi connectivity index (χ3n) is 2.51. The molecule has 0 aliphatic rings. The Labute approximate surface area is 116 Å². The number of hydrogen-bond donors (Lipinski definition) is 2. The first-order chi connectivity index (χ1) is 8.60. The minimum atomic E-state index is -0.973. The molecule has 1 aromatic carbocycles. The maximum absolute atomic E-state index is 10.9. The number of nitrogens with zero attached hydrogens (tertiary/aromatic N) is 2. The van der Waals surface area contributed by atoms with Crippen molar-refractivity contribution in [2.75, 3.05) is 12.8 Å². The van der Waals surface area contributed by atoms with Gasteiger partial charge >= 0.3 is 5.97 Å². The van der Waals surface area contributed by atoms with Crippen LogP contribution in [0.4, 0.5) is 5.69 Å². The molecule has 0 aliphatic heterocycles. The third kappa shape index (κ3) is 3.38. The van der Waals surface area contributed by atoms with Gasteiger partial charge in [0.2, 0.25) is 0 Å². The lowest BCUT2D eigenvalue weighted by atomic mass is 10.1. The first-order valence-electron chi connectivity index (χ1n) is 5.28. The van der Waals surface area contributed by atoms with Gasteiger partial charge in [-0.3, -0.25) is 4.68 Å². The van der Waals surface area contributed by atoms with Crippen LogP contribution < -0.4 is 10.5 Å². The maximum Gasteiger partial charge on any atom is 0.335 e. The second-order valence-electron chi connectivity index (χ2n) is 3.80. The number of methoxy groups -OCH3 is 1. The summed E-state index contributed by atoms with van der Waals surface area (Å²) in [7, 11) is 1.54. The molecule has 2 rings (SSSR count). The molecule has 1 heterocycles. The highest BCUT2D eigenvalue weighted by Crippen LogP contribution is 2.21. The predicted octanol–water partition coefficient (Wildman–Crippen LogP) is 1.64. The Balaban J connectivity index is 0.00000180. The van der Waals surface area contributed by atoms with Crippen molar-refractivity contribution < 1.29 is 14.6 Å². The van der Waals surface area contributed by atoms with Gasteiger partial charge in [-0.2, -0.15) is 5.10 Å². The van der Waals surface area contributed by atoms with E-state index >= 15 is 0 Å². The SMILES string of the molecule is COc1ccc(C(=O)O)cc1Cn1cc(N)cn1.Cl. The number of nitrogens with two attached hydrogens (primary N) is 1. The summed E-state index contributed by atoms with van der Waals surface area (Å²) in [6.45, 7) is 0.404. The normalized spacial score (nSPS) is 9.74. The molecular weight excluding hydrogens is 270 g/mol. The van der Waals surface area contributed by atoms with E-state index < -0.39 is 5.97 Å². The highest BCUT2D eigenvalue weighted by molar-refractivity contribution is 5.88. The minimum Gasteiger partial charge on any atom is -0.496 e. The van der Waals surface area contributed by atoms with Crippen LogP contribution in [-0.4, -0.2) is 28.0 Å². The van der Waals surface area contributed by atoms with Gasteiger partial charge in [0.1, 0.15) is 5.75 Å². The van der Waals surface area contributed by atoms with Gasteiger partial charge in [0, 0.05) is 11.8 Å². The Kier molecular flexibility index (Phi) is 4.77. The van der Waals surface area contributed by atoms with E-state index in [1.54, 1.807) is 23.0 Å². The first kappa shape index (κ1) is 14.8. The van der Waals surface area contributed by atoms with Crippen LogP contribution in [0, 0.1) is 0 Å². The number of nitrogen functional groups attached to an aromatic ring is 1. The molecule has 1 aromatic heterocycles. The van der Waals surface area contributed by atoms with E-state index in [9.17, 15) is 4.79 Å². The van der Waals surface area contributed by atoms with Crippen LogP contribution in [0.25, 0.3) is 0 Å². The Morgan fingerprint density at radius 3 is 2.79 bits per heavy atom. The number of aromatic nitrogens is 2. The van der Waals surface area contributed by atoms with Gasteiger partial charge in [0.05, 0.1) is 31.1 Å². The predicted molar refractivity (Wildman–Crippen MR) is 72.9 cm³/mol. The monoisotopic (exact) mass is 283 g/mol.